The Hall–Kier alpha value is -2.23. The van der Waals surface area contributed by atoms with Crippen molar-refractivity contribution in [3.8, 4) is 0 Å². The highest BCUT2D eigenvalue weighted by Crippen LogP contribution is 2.42. The van der Waals surface area contributed by atoms with E-state index >= 15 is 0 Å². The van der Waals surface area contributed by atoms with Crippen molar-refractivity contribution in [1.29, 1.82) is 0 Å². The quantitative estimate of drug-likeness (QED) is 0.558. The standard InChI is InChI=1S/C18H20N2O2/c1-22-17(21)10-6-5-9-15-18-14(11-12-16(18)20-19-15)13-7-3-2-4-8-13/h3,5,7,9,11-13H,2,4,6,8,10H2,1H3. The lowest BCUT2D eigenvalue weighted by Gasteiger charge is -2.19. The van der Waals surface area contributed by atoms with Crippen LogP contribution in [0, 0.1) is 5.92 Å². The molecule has 1 heterocycles. The van der Waals surface area contributed by atoms with Crippen LogP contribution in [0.15, 0.2) is 69.2 Å². The van der Waals surface area contributed by atoms with Gasteiger partial charge in [-0.3, -0.25) is 4.79 Å². The smallest absolute Gasteiger partial charge is 0.305 e. The molecule has 1 aliphatic heterocycles. The minimum Gasteiger partial charge on any atom is -0.469 e. The van der Waals surface area contributed by atoms with Crippen LogP contribution in [0.4, 0.5) is 0 Å². The van der Waals surface area contributed by atoms with Crippen molar-refractivity contribution in [3.63, 3.8) is 0 Å². The number of esters is 1. The van der Waals surface area contributed by atoms with Gasteiger partial charge in [-0.25, -0.2) is 0 Å². The molecule has 0 aromatic carbocycles. The van der Waals surface area contributed by atoms with Crippen LogP contribution in [-0.4, -0.2) is 13.1 Å². The van der Waals surface area contributed by atoms with E-state index in [0.717, 1.165) is 17.0 Å². The van der Waals surface area contributed by atoms with Crippen LogP contribution < -0.4 is 0 Å². The Morgan fingerprint density at radius 2 is 2.32 bits per heavy atom. The fourth-order valence-electron chi connectivity index (χ4n) is 3.00. The number of rotatable bonds is 5. The number of nitrogens with zero attached hydrogens (tertiary/aromatic N) is 2. The van der Waals surface area contributed by atoms with Gasteiger partial charge in [0.05, 0.1) is 18.5 Å². The largest absolute Gasteiger partial charge is 0.469 e. The highest BCUT2D eigenvalue weighted by molar-refractivity contribution is 5.69. The molecule has 3 rings (SSSR count). The predicted molar refractivity (Wildman–Crippen MR) is 84.9 cm³/mol. The minimum absolute atomic E-state index is 0.190. The Morgan fingerprint density at radius 1 is 1.41 bits per heavy atom. The van der Waals surface area contributed by atoms with Gasteiger partial charge in [0, 0.05) is 17.9 Å². The zero-order chi connectivity index (χ0) is 15.4. The number of methoxy groups -OCH3 is 1. The van der Waals surface area contributed by atoms with Gasteiger partial charge >= 0.3 is 5.97 Å². The summed E-state index contributed by atoms with van der Waals surface area (Å²) >= 11 is 0. The van der Waals surface area contributed by atoms with Crippen molar-refractivity contribution in [2.75, 3.05) is 7.11 Å². The fraction of sp³-hybridized carbons (Fsp3) is 0.389. The molecule has 0 bridgehead atoms. The zero-order valence-corrected chi connectivity index (χ0v) is 12.8. The molecule has 1 unspecified atom stereocenters. The van der Waals surface area contributed by atoms with Crippen molar-refractivity contribution in [1.82, 2.24) is 0 Å². The van der Waals surface area contributed by atoms with E-state index in [1.165, 1.54) is 31.9 Å². The van der Waals surface area contributed by atoms with E-state index in [1.54, 1.807) is 0 Å². The molecule has 0 N–H and O–H groups in total. The third kappa shape index (κ3) is 3.01. The van der Waals surface area contributed by atoms with Crippen molar-refractivity contribution >= 4 is 5.97 Å². The van der Waals surface area contributed by atoms with Gasteiger partial charge in [0.15, 0.2) is 0 Å². The van der Waals surface area contributed by atoms with E-state index in [-0.39, 0.29) is 5.97 Å². The van der Waals surface area contributed by atoms with E-state index in [9.17, 15) is 4.79 Å². The van der Waals surface area contributed by atoms with Gasteiger partial charge in [0.2, 0.25) is 0 Å². The molecule has 0 aromatic rings. The molecule has 22 heavy (non-hydrogen) atoms. The average Bonchev–Trinajstić information content (AvgIpc) is 3.14. The van der Waals surface area contributed by atoms with Gasteiger partial charge in [-0.1, -0.05) is 24.3 Å². The maximum Gasteiger partial charge on any atom is 0.305 e. The van der Waals surface area contributed by atoms with Gasteiger partial charge in [0.1, 0.15) is 0 Å². The summed E-state index contributed by atoms with van der Waals surface area (Å²) in [7, 11) is 1.41. The molecular weight excluding hydrogens is 276 g/mol. The Bertz CT molecular complexity index is 648. The minimum atomic E-state index is -0.190. The number of hydrogen-bond acceptors (Lipinski definition) is 4. The first kappa shape index (κ1) is 14.7. The summed E-state index contributed by atoms with van der Waals surface area (Å²) < 4.78 is 4.64. The first-order valence-electron chi connectivity index (χ1n) is 7.78. The molecule has 0 spiro atoms. The summed E-state index contributed by atoms with van der Waals surface area (Å²) in [5.74, 6) is 0.282. The number of allylic oxidation sites excluding steroid dienone is 7. The van der Waals surface area contributed by atoms with Gasteiger partial charge in [0.25, 0.3) is 0 Å². The molecule has 0 radical (unpaired) electrons. The van der Waals surface area contributed by atoms with E-state index < -0.39 is 0 Å². The van der Waals surface area contributed by atoms with Crippen molar-refractivity contribution < 1.29 is 9.53 Å². The van der Waals surface area contributed by atoms with Crippen LogP contribution in [0.3, 0.4) is 0 Å². The normalized spacial score (nSPS) is 23.0. The third-order valence-corrected chi connectivity index (χ3v) is 4.16. The SMILES string of the molecule is COC(=O)CCC=CC1=C2C(=CC=C2C2C=CCCC2)N=N1. The molecule has 1 atom stereocenters. The number of carbonyl (C=O) groups is 1. The summed E-state index contributed by atoms with van der Waals surface area (Å²) in [4.78, 5) is 11.1. The molecular formula is C18H20N2O2. The number of hydrogen-bond donors (Lipinski definition) is 0. The first-order valence-corrected chi connectivity index (χ1v) is 7.78. The summed E-state index contributed by atoms with van der Waals surface area (Å²) in [6, 6.07) is 0. The third-order valence-electron chi connectivity index (χ3n) is 4.16. The molecule has 0 saturated carbocycles. The van der Waals surface area contributed by atoms with E-state index in [4.69, 9.17) is 0 Å². The molecule has 3 aliphatic rings. The van der Waals surface area contributed by atoms with Gasteiger partial charge in [-0.05, 0) is 43.4 Å². The van der Waals surface area contributed by atoms with E-state index in [0.29, 0.717) is 18.8 Å². The van der Waals surface area contributed by atoms with Gasteiger partial charge in [-0.2, -0.15) is 0 Å². The number of fused-ring (bicyclic) bond motifs is 1. The number of carbonyl (C=O) groups excluding carboxylic acids is 1. The molecule has 2 aliphatic carbocycles. The van der Waals surface area contributed by atoms with Crippen molar-refractivity contribution in [2.45, 2.75) is 32.1 Å². The Morgan fingerprint density at radius 3 is 3.09 bits per heavy atom. The number of azo groups is 1. The average molecular weight is 296 g/mol. The zero-order valence-electron chi connectivity index (χ0n) is 12.8. The lowest BCUT2D eigenvalue weighted by atomic mass is 9.85. The van der Waals surface area contributed by atoms with E-state index in [2.05, 4.69) is 33.2 Å². The Balaban J connectivity index is 1.72. The van der Waals surface area contributed by atoms with Crippen LogP contribution in [-0.2, 0) is 9.53 Å². The first-order chi connectivity index (χ1) is 10.8. The van der Waals surface area contributed by atoms with Crippen LogP contribution >= 0.6 is 0 Å². The second-order valence-corrected chi connectivity index (χ2v) is 5.62. The topological polar surface area (TPSA) is 51.0 Å². The van der Waals surface area contributed by atoms with Crippen molar-refractivity contribution in [2.24, 2.45) is 16.1 Å². The number of ether oxygens (including phenoxy) is 1. The molecule has 0 amide bonds. The second kappa shape index (κ2) is 6.69. The van der Waals surface area contributed by atoms with Gasteiger partial charge in [-0.15, -0.1) is 10.2 Å². The maximum absolute atomic E-state index is 11.1. The monoisotopic (exact) mass is 296 g/mol. The summed E-state index contributed by atoms with van der Waals surface area (Å²) in [6.07, 6.45) is 17.4. The molecule has 0 fully saturated rings. The Kier molecular flexibility index (Phi) is 4.47. The molecule has 4 nitrogen and oxygen atoms in total. The van der Waals surface area contributed by atoms with E-state index in [1.807, 2.05) is 18.2 Å². The predicted octanol–water partition coefficient (Wildman–Crippen LogP) is 4.40. The molecule has 4 heteroatoms. The fourth-order valence-corrected chi connectivity index (χ4v) is 3.00. The van der Waals surface area contributed by atoms with Gasteiger partial charge < -0.3 is 4.74 Å². The highest BCUT2D eigenvalue weighted by atomic mass is 16.5. The second-order valence-electron chi connectivity index (χ2n) is 5.62. The molecule has 114 valence electrons. The summed E-state index contributed by atoms with van der Waals surface area (Å²) in [5, 5.41) is 8.52. The van der Waals surface area contributed by atoms with Crippen LogP contribution in [0.2, 0.25) is 0 Å². The summed E-state index contributed by atoms with van der Waals surface area (Å²) in [5.41, 5.74) is 4.34. The maximum atomic E-state index is 11.1. The van der Waals surface area contributed by atoms with Crippen LogP contribution in [0.25, 0.3) is 0 Å². The van der Waals surface area contributed by atoms with Crippen LogP contribution in [0.1, 0.15) is 32.1 Å². The molecule has 0 aromatic heterocycles. The lowest BCUT2D eigenvalue weighted by Crippen LogP contribution is -2.06. The lowest BCUT2D eigenvalue weighted by molar-refractivity contribution is -0.140. The highest BCUT2D eigenvalue weighted by Gasteiger charge is 2.28. The summed E-state index contributed by atoms with van der Waals surface area (Å²) in [6.45, 7) is 0. The van der Waals surface area contributed by atoms with Crippen molar-refractivity contribution in [3.05, 3.63) is 59.0 Å². The molecule has 0 saturated heterocycles. The van der Waals surface area contributed by atoms with Crippen LogP contribution in [0.5, 0.6) is 0 Å². The Labute approximate surface area is 130 Å².